The van der Waals surface area contributed by atoms with Crippen molar-refractivity contribution in [3.63, 3.8) is 0 Å². The highest BCUT2D eigenvalue weighted by Gasteiger charge is 2.36. The number of carbonyl (C=O) groups excluding carboxylic acids is 4. The fourth-order valence-corrected chi connectivity index (χ4v) is 9.22. The summed E-state index contributed by atoms with van der Waals surface area (Å²) in [4.78, 5) is 74.1. The monoisotopic (exact) mass is 776 g/mol. The summed E-state index contributed by atoms with van der Waals surface area (Å²) in [5, 5.41) is 8.76. The van der Waals surface area contributed by atoms with E-state index in [1.54, 1.807) is 9.80 Å². The van der Waals surface area contributed by atoms with E-state index < -0.39 is 0 Å². The molecule has 300 valence electrons. The van der Waals surface area contributed by atoms with Crippen LogP contribution in [0.2, 0.25) is 0 Å². The lowest BCUT2D eigenvalue weighted by molar-refractivity contribution is -0.120. The second-order valence-electron chi connectivity index (χ2n) is 16.2. The zero-order valence-corrected chi connectivity index (χ0v) is 32.7. The number of nitrogens with zero attached hydrogens (tertiary/aromatic N) is 9. The number of hydrogen-bond acceptors (Lipinski definition) is 11. The second kappa shape index (κ2) is 15.7. The van der Waals surface area contributed by atoms with Gasteiger partial charge in [-0.25, -0.2) is 14.6 Å². The third-order valence-electron chi connectivity index (χ3n) is 12.6. The van der Waals surface area contributed by atoms with Gasteiger partial charge in [0, 0.05) is 115 Å². The average molecular weight is 777 g/mol. The molecule has 3 aromatic rings. The van der Waals surface area contributed by atoms with Crippen LogP contribution >= 0.6 is 0 Å². The fourth-order valence-electron chi connectivity index (χ4n) is 9.22. The predicted octanol–water partition coefficient (Wildman–Crippen LogP) is 3.28. The Morgan fingerprint density at radius 3 is 2.14 bits per heavy atom. The topological polar surface area (TPSA) is 153 Å². The van der Waals surface area contributed by atoms with Crippen molar-refractivity contribution in [1.29, 1.82) is 0 Å². The summed E-state index contributed by atoms with van der Waals surface area (Å²) >= 11 is 0. The van der Waals surface area contributed by atoms with Gasteiger partial charge in [0.15, 0.2) is 0 Å². The molecule has 16 nitrogen and oxygen atoms in total. The van der Waals surface area contributed by atoms with E-state index in [0.717, 1.165) is 103 Å². The Morgan fingerprint density at radius 1 is 0.737 bits per heavy atom. The molecule has 6 aliphatic heterocycles. The number of benzene rings is 2. The predicted molar refractivity (Wildman–Crippen MR) is 218 cm³/mol. The minimum Gasteiger partial charge on any atom is -0.372 e. The molecule has 6 aliphatic rings. The van der Waals surface area contributed by atoms with Crippen molar-refractivity contribution in [2.45, 2.75) is 44.7 Å². The lowest BCUT2D eigenvalue weighted by Gasteiger charge is -2.40. The van der Waals surface area contributed by atoms with Crippen molar-refractivity contribution in [2.75, 3.05) is 111 Å². The van der Waals surface area contributed by atoms with E-state index >= 15 is 0 Å². The number of likely N-dealkylation sites (N-methyl/N-ethyl adjacent to an activating group) is 1. The summed E-state index contributed by atoms with van der Waals surface area (Å²) in [5.74, 6) is 1.39. The summed E-state index contributed by atoms with van der Waals surface area (Å²) in [6.45, 7) is 10.9. The van der Waals surface area contributed by atoms with Crippen LogP contribution in [0.25, 0.3) is 0 Å². The normalized spacial score (nSPS) is 22.3. The number of fused-ring (bicyclic) bond motifs is 1. The maximum Gasteiger partial charge on any atom is 0.328 e. The largest absolute Gasteiger partial charge is 0.372 e. The first-order valence-corrected chi connectivity index (χ1v) is 20.5. The smallest absolute Gasteiger partial charge is 0.328 e. The lowest BCUT2D eigenvalue weighted by atomic mass is 9.95. The van der Waals surface area contributed by atoms with Crippen molar-refractivity contribution >= 4 is 58.4 Å². The van der Waals surface area contributed by atoms with Crippen molar-refractivity contribution < 1.29 is 19.2 Å². The molecule has 0 saturated carbocycles. The number of imide groups is 1. The van der Waals surface area contributed by atoms with Crippen LogP contribution in [-0.2, 0) is 11.3 Å². The number of amides is 6. The molecule has 1 aromatic heterocycles. The van der Waals surface area contributed by atoms with Gasteiger partial charge in [-0.05, 0) is 80.1 Å². The maximum atomic E-state index is 12.9. The van der Waals surface area contributed by atoms with Crippen LogP contribution in [0.4, 0.5) is 44.1 Å². The number of carbonyl (C=O) groups is 4. The minimum atomic E-state index is -0.352. The fraction of sp³-hybridized carbons (Fsp3) is 0.512. The van der Waals surface area contributed by atoms with Gasteiger partial charge in [0.25, 0.3) is 5.91 Å². The molecule has 3 N–H and O–H groups in total. The van der Waals surface area contributed by atoms with E-state index in [-0.39, 0.29) is 29.9 Å². The summed E-state index contributed by atoms with van der Waals surface area (Å²) < 4.78 is 0. The van der Waals surface area contributed by atoms with Crippen molar-refractivity contribution in [1.82, 2.24) is 35.3 Å². The zero-order chi connectivity index (χ0) is 39.0. The molecule has 1 atom stereocenters. The molecule has 7 heterocycles. The van der Waals surface area contributed by atoms with E-state index in [1.807, 2.05) is 24.1 Å². The molecule has 9 rings (SSSR count). The van der Waals surface area contributed by atoms with Crippen LogP contribution in [0.15, 0.2) is 48.5 Å². The highest BCUT2D eigenvalue weighted by Crippen LogP contribution is 2.31. The van der Waals surface area contributed by atoms with Crippen LogP contribution in [0.5, 0.6) is 0 Å². The van der Waals surface area contributed by atoms with Gasteiger partial charge in [-0.3, -0.25) is 24.7 Å². The molecule has 0 unspecified atom stereocenters. The summed E-state index contributed by atoms with van der Waals surface area (Å²) in [6, 6.07) is 16.4. The van der Waals surface area contributed by atoms with Gasteiger partial charge in [0.2, 0.25) is 11.9 Å². The van der Waals surface area contributed by atoms with Gasteiger partial charge >= 0.3 is 12.1 Å². The molecular formula is C41H52N12O4. The first-order valence-electron chi connectivity index (χ1n) is 20.5. The second-order valence-corrected chi connectivity index (χ2v) is 16.2. The van der Waals surface area contributed by atoms with E-state index in [4.69, 9.17) is 9.97 Å². The van der Waals surface area contributed by atoms with E-state index in [1.165, 1.54) is 11.4 Å². The Labute approximate surface area is 333 Å². The number of aromatic nitrogens is 2. The number of nitrogens with one attached hydrogen (secondary N) is 3. The van der Waals surface area contributed by atoms with Crippen LogP contribution in [0, 0.1) is 5.92 Å². The van der Waals surface area contributed by atoms with Gasteiger partial charge in [-0.2, -0.15) is 4.98 Å². The summed E-state index contributed by atoms with van der Waals surface area (Å²) in [7, 11) is 1.85. The molecule has 0 radical (unpaired) electrons. The van der Waals surface area contributed by atoms with Gasteiger partial charge in [-0.15, -0.1) is 0 Å². The number of hydrogen-bond donors (Lipinski definition) is 3. The van der Waals surface area contributed by atoms with Crippen LogP contribution in [-0.4, -0.2) is 140 Å². The Hall–Kier alpha value is -5.64. The molecular weight excluding hydrogens is 725 g/mol. The number of anilines is 6. The number of piperidine rings is 2. The molecule has 6 amide bonds. The Bertz CT molecular complexity index is 2000. The van der Waals surface area contributed by atoms with E-state index in [9.17, 15) is 19.2 Å². The first kappa shape index (κ1) is 37.0. The molecule has 5 fully saturated rings. The average Bonchev–Trinajstić information content (AvgIpc) is 3.79. The van der Waals surface area contributed by atoms with Crippen molar-refractivity contribution in [3.8, 4) is 0 Å². The number of rotatable bonds is 9. The van der Waals surface area contributed by atoms with Crippen LogP contribution in [0.3, 0.4) is 0 Å². The maximum absolute atomic E-state index is 12.9. The molecule has 5 saturated heterocycles. The van der Waals surface area contributed by atoms with Crippen molar-refractivity contribution in [2.24, 2.45) is 5.92 Å². The van der Waals surface area contributed by atoms with Gasteiger partial charge < -0.3 is 35.1 Å². The quantitative estimate of drug-likeness (QED) is 0.294. The Morgan fingerprint density at radius 2 is 1.44 bits per heavy atom. The highest BCUT2D eigenvalue weighted by atomic mass is 16.2. The minimum absolute atomic E-state index is 0.0844. The first-order chi connectivity index (χ1) is 27.8. The van der Waals surface area contributed by atoms with Crippen LogP contribution in [0.1, 0.15) is 48.2 Å². The SMILES string of the molecule is CN1CCN([C@@H]2CCCN(c3nc4c(c(Nc5ccc(N6CCN(CC7CCN(c8ccc(N9CCC(=O)NC9=O)cc8)CC7)CC6)cc5)n3)C(=O)NC4)C2)C1=O. The van der Waals surface area contributed by atoms with Gasteiger partial charge in [0.05, 0.1) is 18.3 Å². The standard InChI is InChI=1S/C41H52N12O4/c1-47-19-24-53(41(47)57)33-3-2-15-51(27-33)39-44-34-25-42-38(55)36(34)37(46-39)43-29-4-6-30(7-5-29)50-22-20-48(21-23-50)26-28-12-16-49(17-13-28)31-8-10-32(11-9-31)52-18-14-35(54)45-40(52)56/h4-11,28,33H,2-3,12-27H2,1H3,(H,42,55)(H,43,44,46)(H,45,54,56)/t33-/m1/s1. The van der Waals surface area contributed by atoms with E-state index in [2.05, 4.69) is 71.9 Å². The van der Waals surface area contributed by atoms with Gasteiger partial charge in [0.1, 0.15) is 11.4 Å². The molecule has 16 heteroatoms. The third kappa shape index (κ3) is 7.74. The lowest BCUT2D eigenvalue weighted by Crippen LogP contribution is -2.49. The third-order valence-corrected chi connectivity index (χ3v) is 12.6. The highest BCUT2D eigenvalue weighted by molar-refractivity contribution is 6.05. The number of piperazine rings is 1. The van der Waals surface area contributed by atoms with Crippen LogP contribution < -0.4 is 35.6 Å². The Balaban J connectivity index is 0.761. The molecule has 0 aliphatic carbocycles. The summed E-state index contributed by atoms with van der Waals surface area (Å²) in [6.07, 6.45) is 4.54. The van der Waals surface area contributed by atoms with E-state index in [0.29, 0.717) is 55.0 Å². The van der Waals surface area contributed by atoms with Gasteiger partial charge in [-0.1, -0.05) is 0 Å². The molecule has 0 spiro atoms. The number of urea groups is 2. The summed E-state index contributed by atoms with van der Waals surface area (Å²) in [5.41, 5.74) is 5.22. The Kier molecular flexibility index (Phi) is 10.2. The molecule has 0 bridgehead atoms. The molecule has 2 aromatic carbocycles. The van der Waals surface area contributed by atoms with Crippen molar-refractivity contribution in [3.05, 3.63) is 59.8 Å². The zero-order valence-electron chi connectivity index (χ0n) is 32.7. The molecule has 57 heavy (non-hydrogen) atoms.